The first kappa shape index (κ1) is 20.1. The molecule has 0 saturated carbocycles. The quantitative estimate of drug-likeness (QED) is 0.683. The van der Waals surface area contributed by atoms with Crippen LogP contribution in [0.2, 0.25) is 0 Å². The highest BCUT2D eigenvalue weighted by Gasteiger charge is 2.19. The van der Waals surface area contributed by atoms with Crippen molar-refractivity contribution in [3.63, 3.8) is 0 Å². The van der Waals surface area contributed by atoms with E-state index in [1.165, 1.54) is 4.90 Å². The van der Waals surface area contributed by atoms with Crippen molar-refractivity contribution in [3.8, 4) is 5.75 Å². The topological polar surface area (TPSA) is 60.8 Å². The second kappa shape index (κ2) is 9.35. The minimum atomic E-state index is -0.507. The number of amides is 1. The van der Waals surface area contributed by atoms with Crippen LogP contribution < -0.4 is 10.3 Å². The minimum absolute atomic E-state index is 0.131. The van der Waals surface area contributed by atoms with Gasteiger partial charge in [-0.25, -0.2) is 4.79 Å². The van der Waals surface area contributed by atoms with Gasteiger partial charge in [-0.15, -0.1) is 0 Å². The van der Waals surface area contributed by atoms with Crippen LogP contribution in [0, 0.1) is 0 Å². The van der Waals surface area contributed by atoms with Gasteiger partial charge in [-0.2, -0.15) is 0 Å². The first-order valence-electron chi connectivity index (χ1n) is 8.51. The van der Waals surface area contributed by atoms with Crippen molar-refractivity contribution in [1.29, 1.82) is 0 Å². The molecule has 0 aliphatic rings. The Balaban J connectivity index is 2.51. The molecule has 1 aromatic rings. The summed E-state index contributed by atoms with van der Waals surface area (Å²) in [6.07, 6.45) is 4.00. The van der Waals surface area contributed by atoms with Crippen LogP contribution in [0.1, 0.15) is 47.0 Å². The highest BCUT2D eigenvalue weighted by molar-refractivity contribution is 5.67. The lowest BCUT2D eigenvalue weighted by atomic mass is 10.2. The molecule has 0 unspecified atom stereocenters. The maximum absolute atomic E-state index is 12.3. The number of aryl methyl sites for hydroxylation is 1. The fraction of sp³-hybridized carbons (Fsp3) is 0.667. The molecular weight excluding hydrogens is 308 g/mol. The molecule has 0 aliphatic heterocycles. The lowest BCUT2D eigenvalue weighted by molar-refractivity contribution is 0.0295. The predicted molar refractivity (Wildman–Crippen MR) is 94.6 cm³/mol. The van der Waals surface area contributed by atoms with Gasteiger partial charge >= 0.3 is 6.09 Å². The zero-order valence-electron chi connectivity index (χ0n) is 15.5. The van der Waals surface area contributed by atoms with Crippen LogP contribution in [-0.4, -0.2) is 41.4 Å². The highest BCUT2D eigenvalue weighted by Crippen LogP contribution is 2.09. The molecule has 1 rings (SSSR count). The van der Waals surface area contributed by atoms with Crippen molar-refractivity contribution in [2.24, 2.45) is 0 Å². The maximum Gasteiger partial charge on any atom is 0.410 e. The van der Waals surface area contributed by atoms with Crippen molar-refractivity contribution in [2.45, 2.75) is 59.1 Å². The lowest BCUT2D eigenvalue weighted by Crippen LogP contribution is -2.35. The number of ether oxygens (including phenoxy) is 2. The van der Waals surface area contributed by atoms with Gasteiger partial charge in [0.15, 0.2) is 5.75 Å². The van der Waals surface area contributed by atoms with Gasteiger partial charge in [0.1, 0.15) is 5.60 Å². The van der Waals surface area contributed by atoms with E-state index in [0.717, 1.165) is 12.8 Å². The van der Waals surface area contributed by atoms with Crippen molar-refractivity contribution < 1.29 is 14.3 Å². The van der Waals surface area contributed by atoms with E-state index in [4.69, 9.17) is 9.47 Å². The van der Waals surface area contributed by atoms with E-state index < -0.39 is 5.60 Å². The van der Waals surface area contributed by atoms with Crippen LogP contribution >= 0.6 is 0 Å². The molecule has 0 N–H and O–H groups in total. The molecule has 0 saturated heterocycles. The number of carbonyl (C=O) groups is 1. The fourth-order valence-electron chi connectivity index (χ4n) is 2.04. The van der Waals surface area contributed by atoms with Crippen molar-refractivity contribution >= 4 is 6.09 Å². The third kappa shape index (κ3) is 7.06. The standard InChI is InChI=1S/C18H30N2O4/c1-6-7-14-23-15-10-8-12-20(16(15)21)13-9-11-19(5)17(22)24-18(2,3)4/h8,10,12H,6-7,9,11,13-14H2,1-5H3. The van der Waals surface area contributed by atoms with Crippen molar-refractivity contribution in [1.82, 2.24) is 9.47 Å². The molecule has 0 aromatic carbocycles. The first-order valence-corrected chi connectivity index (χ1v) is 8.51. The average molecular weight is 338 g/mol. The van der Waals surface area contributed by atoms with Crippen LogP contribution in [0.3, 0.4) is 0 Å². The summed E-state index contributed by atoms with van der Waals surface area (Å²) in [6.45, 7) is 9.18. The SMILES string of the molecule is CCCCOc1cccn(CCCN(C)C(=O)OC(C)(C)C)c1=O. The molecule has 6 heteroatoms. The molecule has 1 heterocycles. The maximum atomic E-state index is 12.3. The van der Waals surface area contributed by atoms with E-state index in [1.54, 1.807) is 29.9 Å². The Morgan fingerprint density at radius 3 is 2.62 bits per heavy atom. The molecule has 0 spiro atoms. The predicted octanol–water partition coefficient (Wildman–Crippen LogP) is 3.28. The summed E-state index contributed by atoms with van der Waals surface area (Å²) in [5.41, 5.74) is -0.638. The summed E-state index contributed by atoms with van der Waals surface area (Å²) in [7, 11) is 1.70. The second-order valence-corrected chi connectivity index (χ2v) is 6.83. The Labute approximate surface area is 144 Å². The Morgan fingerprint density at radius 1 is 1.29 bits per heavy atom. The van der Waals surface area contributed by atoms with E-state index in [1.807, 2.05) is 20.8 Å². The molecule has 24 heavy (non-hydrogen) atoms. The van der Waals surface area contributed by atoms with E-state index >= 15 is 0 Å². The van der Waals surface area contributed by atoms with Gasteiger partial charge in [-0.3, -0.25) is 4.79 Å². The second-order valence-electron chi connectivity index (χ2n) is 6.83. The lowest BCUT2D eigenvalue weighted by Gasteiger charge is -2.24. The van der Waals surface area contributed by atoms with Crippen molar-refractivity contribution in [2.75, 3.05) is 20.2 Å². The zero-order valence-corrected chi connectivity index (χ0v) is 15.5. The normalized spacial score (nSPS) is 11.2. The molecule has 1 aromatic heterocycles. The number of nitrogens with zero attached hydrogens (tertiary/aromatic N) is 2. The van der Waals surface area contributed by atoms with E-state index in [2.05, 4.69) is 6.92 Å². The summed E-state index contributed by atoms with van der Waals surface area (Å²) in [4.78, 5) is 25.7. The van der Waals surface area contributed by atoms with E-state index in [-0.39, 0.29) is 11.7 Å². The molecule has 0 atom stereocenters. The Morgan fingerprint density at radius 2 is 2.00 bits per heavy atom. The summed E-state index contributed by atoms with van der Waals surface area (Å²) in [5, 5.41) is 0. The largest absolute Gasteiger partial charge is 0.488 e. The minimum Gasteiger partial charge on any atom is -0.488 e. The van der Waals surface area contributed by atoms with E-state index in [9.17, 15) is 9.59 Å². The Bertz CT molecular complexity index is 575. The number of pyridine rings is 1. The number of rotatable bonds is 8. The fourth-order valence-corrected chi connectivity index (χ4v) is 2.04. The van der Waals surface area contributed by atoms with Crippen molar-refractivity contribution in [3.05, 3.63) is 28.7 Å². The van der Waals surface area contributed by atoms with Crippen LogP contribution in [0.4, 0.5) is 4.79 Å². The molecule has 0 fully saturated rings. The van der Waals surface area contributed by atoms with Gasteiger partial charge in [-0.05, 0) is 45.7 Å². The summed E-state index contributed by atoms with van der Waals surface area (Å²) >= 11 is 0. The molecule has 1 amide bonds. The smallest absolute Gasteiger partial charge is 0.410 e. The van der Waals surface area contributed by atoms with Gasteiger partial charge in [0.05, 0.1) is 6.61 Å². The van der Waals surface area contributed by atoms with Gasteiger partial charge < -0.3 is 18.9 Å². The van der Waals surface area contributed by atoms with Crippen LogP contribution in [0.5, 0.6) is 5.75 Å². The van der Waals surface area contributed by atoms with Crippen LogP contribution in [0.15, 0.2) is 23.1 Å². The molecule has 0 aliphatic carbocycles. The number of carbonyl (C=O) groups excluding carboxylic acids is 1. The number of unbranched alkanes of at least 4 members (excludes halogenated alkanes) is 1. The molecule has 136 valence electrons. The molecule has 0 bridgehead atoms. The van der Waals surface area contributed by atoms with Gasteiger partial charge in [0.25, 0.3) is 5.56 Å². The molecular formula is C18H30N2O4. The summed E-state index contributed by atoms with van der Waals surface area (Å²) in [6, 6.07) is 3.50. The highest BCUT2D eigenvalue weighted by atomic mass is 16.6. The van der Waals surface area contributed by atoms with Gasteiger partial charge in [-0.1, -0.05) is 13.3 Å². The summed E-state index contributed by atoms with van der Waals surface area (Å²) in [5.74, 6) is 0.381. The third-order valence-electron chi connectivity index (χ3n) is 3.34. The van der Waals surface area contributed by atoms with E-state index in [0.29, 0.717) is 31.9 Å². The van der Waals surface area contributed by atoms with Crippen LogP contribution in [-0.2, 0) is 11.3 Å². The molecule has 0 radical (unpaired) electrons. The van der Waals surface area contributed by atoms with Gasteiger partial charge in [0.2, 0.25) is 0 Å². The number of hydrogen-bond acceptors (Lipinski definition) is 4. The average Bonchev–Trinajstić information content (AvgIpc) is 2.49. The summed E-state index contributed by atoms with van der Waals surface area (Å²) < 4.78 is 12.4. The first-order chi connectivity index (χ1) is 11.2. The monoisotopic (exact) mass is 338 g/mol. The number of aromatic nitrogens is 1. The zero-order chi connectivity index (χ0) is 18.2. The van der Waals surface area contributed by atoms with Crippen LogP contribution in [0.25, 0.3) is 0 Å². The Kier molecular flexibility index (Phi) is 7.82. The van der Waals surface area contributed by atoms with Gasteiger partial charge in [0, 0.05) is 26.3 Å². The Hall–Kier alpha value is -1.98. The number of hydrogen-bond donors (Lipinski definition) is 0. The third-order valence-corrected chi connectivity index (χ3v) is 3.34. The molecule has 6 nitrogen and oxygen atoms in total.